The lowest BCUT2D eigenvalue weighted by atomic mass is 10.0. The van der Waals surface area contributed by atoms with Gasteiger partial charge in [-0.15, -0.1) is 0 Å². The Kier molecular flexibility index (Phi) is 7.55. The highest BCUT2D eigenvalue weighted by molar-refractivity contribution is 6.36. The molecule has 1 saturated carbocycles. The summed E-state index contributed by atoms with van der Waals surface area (Å²) in [5.74, 6) is 0.930. The lowest BCUT2D eigenvalue weighted by Crippen LogP contribution is -2.51. The van der Waals surface area contributed by atoms with E-state index in [1.54, 1.807) is 0 Å². The molecule has 7 rings (SSSR count). The maximum atomic E-state index is 13.8. The Balaban J connectivity index is 1.18. The smallest absolute Gasteiger partial charge is 0.318 e. The van der Waals surface area contributed by atoms with Crippen LogP contribution in [0.2, 0.25) is 5.02 Å². The molecule has 10 heteroatoms. The zero-order valence-corrected chi connectivity index (χ0v) is 24.6. The number of anilines is 2. The molecular formula is C32H37ClFN7O. The highest BCUT2D eigenvalue weighted by Gasteiger charge is 2.46. The lowest BCUT2D eigenvalue weighted by molar-refractivity contribution is 0.164. The molecule has 1 aliphatic carbocycles. The van der Waals surface area contributed by atoms with E-state index in [1.165, 1.54) is 0 Å². The van der Waals surface area contributed by atoms with Gasteiger partial charge in [0.1, 0.15) is 12.0 Å². The molecule has 0 radical (unpaired) electrons. The first kappa shape index (κ1) is 27.6. The van der Waals surface area contributed by atoms with E-state index in [4.69, 9.17) is 26.3 Å². The number of nitrogens with one attached hydrogen (secondary N) is 1. The topological polar surface area (TPSA) is 80.5 Å². The second kappa shape index (κ2) is 11.5. The van der Waals surface area contributed by atoms with E-state index in [2.05, 4.69) is 50.4 Å². The summed E-state index contributed by atoms with van der Waals surface area (Å²) in [6.07, 6.45) is 3.35. The summed E-state index contributed by atoms with van der Waals surface area (Å²) in [6, 6.07) is 15.2. The van der Waals surface area contributed by atoms with Gasteiger partial charge in [-0.3, -0.25) is 4.90 Å². The van der Waals surface area contributed by atoms with Gasteiger partial charge in [0.2, 0.25) is 0 Å². The van der Waals surface area contributed by atoms with Crippen molar-refractivity contribution >= 4 is 33.9 Å². The van der Waals surface area contributed by atoms with Gasteiger partial charge in [-0.2, -0.15) is 15.2 Å². The summed E-state index contributed by atoms with van der Waals surface area (Å²) in [7, 11) is 0. The Hall–Kier alpha value is -3.19. The van der Waals surface area contributed by atoms with Crippen LogP contribution in [0, 0.1) is 16.7 Å². The molecular weight excluding hydrogens is 553 g/mol. The van der Waals surface area contributed by atoms with Crippen molar-refractivity contribution in [1.29, 1.82) is 5.26 Å². The van der Waals surface area contributed by atoms with Crippen molar-refractivity contribution in [1.82, 2.24) is 20.2 Å². The van der Waals surface area contributed by atoms with Gasteiger partial charge in [0.25, 0.3) is 0 Å². The lowest BCUT2D eigenvalue weighted by Gasteiger charge is -2.37. The van der Waals surface area contributed by atoms with Gasteiger partial charge in [0, 0.05) is 73.9 Å². The van der Waals surface area contributed by atoms with Crippen LogP contribution in [0.1, 0.15) is 36.9 Å². The molecule has 2 atom stereocenters. The predicted octanol–water partition coefficient (Wildman–Crippen LogP) is 4.74. The summed E-state index contributed by atoms with van der Waals surface area (Å²) >= 11 is 6.70. The van der Waals surface area contributed by atoms with Gasteiger partial charge in [0.05, 0.1) is 36.4 Å². The minimum absolute atomic E-state index is 0.0577. The van der Waals surface area contributed by atoms with Gasteiger partial charge >= 0.3 is 6.01 Å². The van der Waals surface area contributed by atoms with E-state index in [0.717, 1.165) is 97.1 Å². The van der Waals surface area contributed by atoms with Crippen LogP contribution < -0.4 is 19.9 Å². The molecule has 0 bridgehead atoms. The van der Waals surface area contributed by atoms with Crippen LogP contribution >= 0.6 is 11.6 Å². The molecule has 42 heavy (non-hydrogen) atoms. The first-order valence-corrected chi connectivity index (χ1v) is 15.5. The number of hydrogen-bond acceptors (Lipinski definition) is 8. The number of likely N-dealkylation sites (tertiary alicyclic amines) is 1. The van der Waals surface area contributed by atoms with Gasteiger partial charge in [-0.25, -0.2) is 4.39 Å². The summed E-state index contributed by atoms with van der Waals surface area (Å²) < 4.78 is 20.2. The predicted molar refractivity (Wildman–Crippen MR) is 163 cm³/mol. The van der Waals surface area contributed by atoms with Crippen LogP contribution in [-0.2, 0) is 13.0 Å². The van der Waals surface area contributed by atoms with E-state index in [-0.39, 0.29) is 11.5 Å². The van der Waals surface area contributed by atoms with Crippen LogP contribution in [0.25, 0.3) is 10.8 Å². The Morgan fingerprint density at radius 2 is 1.95 bits per heavy atom. The third kappa shape index (κ3) is 5.60. The fourth-order valence-electron chi connectivity index (χ4n) is 6.87. The third-order valence-corrected chi connectivity index (χ3v) is 9.64. The van der Waals surface area contributed by atoms with Crippen LogP contribution in [-0.4, -0.2) is 79.5 Å². The molecule has 3 aromatic rings. The van der Waals surface area contributed by atoms with Crippen molar-refractivity contribution < 1.29 is 9.13 Å². The van der Waals surface area contributed by atoms with Crippen molar-refractivity contribution in [3.63, 3.8) is 0 Å². The number of nitrogens with zero attached hydrogens (tertiary/aromatic N) is 6. The quantitative estimate of drug-likeness (QED) is 0.404. The standard InChI is InChI=1S/C32H37ClFN7O/c33-26-5-1-3-22-4-2-6-28(29(22)26)40-15-9-25-27(19-40)37-31(38-30(25)41-16-13-36-24(18-41)7-12-35)42-21-32(10-11-32)20-39-14-8-23(34)17-39/h1-6,23-24,36H,7-11,13-21H2/t23-,24+/m1/s1. The molecule has 1 N–H and O–H groups in total. The number of rotatable bonds is 8. The van der Waals surface area contributed by atoms with Gasteiger partial charge < -0.3 is 19.9 Å². The van der Waals surface area contributed by atoms with Gasteiger partial charge in [-0.05, 0) is 43.2 Å². The Morgan fingerprint density at radius 3 is 2.74 bits per heavy atom. The fourth-order valence-corrected chi connectivity index (χ4v) is 7.15. The Morgan fingerprint density at radius 1 is 1.10 bits per heavy atom. The van der Waals surface area contributed by atoms with Crippen LogP contribution in [0.5, 0.6) is 6.01 Å². The molecule has 8 nitrogen and oxygen atoms in total. The van der Waals surface area contributed by atoms with E-state index < -0.39 is 6.17 Å². The number of nitriles is 1. The maximum Gasteiger partial charge on any atom is 0.318 e. The summed E-state index contributed by atoms with van der Waals surface area (Å²) in [5, 5.41) is 15.7. The minimum atomic E-state index is -0.711. The van der Waals surface area contributed by atoms with Gasteiger partial charge in [-0.1, -0.05) is 35.9 Å². The number of aromatic nitrogens is 2. The number of benzene rings is 2. The molecule has 4 heterocycles. The number of ether oxygens (including phenoxy) is 1. The molecule has 2 aromatic carbocycles. The van der Waals surface area contributed by atoms with Crippen LogP contribution in [0.3, 0.4) is 0 Å². The van der Waals surface area contributed by atoms with Crippen molar-refractivity contribution in [2.24, 2.45) is 5.41 Å². The number of hydrogen-bond donors (Lipinski definition) is 1. The number of fused-ring (bicyclic) bond motifs is 2. The largest absolute Gasteiger partial charge is 0.463 e. The van der Waals surface area contributed by atoms with E-state index >= 15 is 0 Å². The average molecular weight is 590 g/mol. The zero-order valence-electron chi connectivity index (χ0n) is 23.9. The molecule has 3 fully saturated rings. The monoisotopic (exact) mass is 589 g/mol. The molecule has 2 saturated heterocycles. The second-order valence-electron chi connectivity index (χ2n) is 12.4. The van der Waals surface area contributed by atoms with Gasteiger partial charge in [0.15, 0.2) is 0 Å². The van der Waals surface area contributed by atoms with Crippen LogP contribution in [0.4, 0.5) is 15.9 Å². The Bertz CT molecular complexity index is 1500. The van der Waals surface area contributed by atoms with Crippen molar-refractivity contribution in [2.45, 2.75) is 50.9 Å². The molecule has 220 valence electrons. The number of alkyl halides is 1. The average Bonchev–Trinajstić information content (AvgIpc) is 3.65. The molecule has 3 aliphatic heterocycles. The van der Waals surface area contributed by atoms with Crippen molar-refractivity contribution in [3.8, 4) is 12.1 Å². The fraction of sp³-hybridized carbons (Fsp3) is 0.531. The summed E-state index contributed by atoms with van der Waals surface area (Å²) in [5.41, 5.74) is 3.30. The molecule has 0 amide bonds. The molecule has 4 aliphatic rings. The van der Waals surface area contributed by atoms with Crippen LogP contribution in [0.15, 0.2) is 36.4 Å². The summed E-state index contributed by atoms with van der Waals surface area (Å²) in [6.45, 7) is 6.57. The maximum absolute atomic E-state index is 13.8. The van der Waals surface area contributed by atoms with Crippen molar-refractivity contribution in [2.75, 3.05) is 62.2 Å². The normalized spacial score (nSPS) is 23.5. The van der Waals surface area contributed by atoms with E-state index in [9.17, 15) is 9.65 Å². The first-order chi connectivity index (χ1) is 20.5. The zero-order chi connectivity index (χ0) is 28.7. The number of piperazine rings is 1. The molecule has 0 spiro atoms. The van der Waals surface area contributed by atoms with E-state index in [0.29, 0.717) is 38.5 Å². The van der Waals surface area contributed by atoms with E-state index in [1.807, 2.05) is 12.1 Å². The minimum Gasteiger partial charge on any atom is -0.463 e. The Labute approximate surface area is 251 Å². The molecule has 1 aromatic heterocycles. The third-order valence-electron chi connectivity index (χ3n) is 9.33. The highest BCUT2D eigenvalue weighted by atomic mass is 35.5. The highest BCUT2D eigenvalue weighted by Crippen LogP contribution is 2.47. The molecule has 0 unspecified atom stereocenters. The van der Waals surface area contributed by atoms with Crippen molar-refractivity contribution in [3.05, 3.63) is 52.7 Å². The second-order valence-corrected chi connectivity index (χ2v) is 12.8. The summed E-state index contributed by atoms with van der Waals surface area (Å²) in [4.78, 5) is 16.9. The SMILES string of the molecule is N#CC[C@H]1CN(c2nc(OCC3(CN4CC[C@@H](F)C4)CC3)nc3c2CCN(c2cccc4cccc(Cl)c24)C3)CCN1. The number of halogens is 2. The first-order valence-electron chi connectivity index (χ1n) is 15.2.